The summed E-state index contributed by atoms with van der Waals surface area (Å²) in [5.41, 5.74) is 3.97. The van der Waals surface area contributed by atoms with E-state index in [4.69, 9.17) is 21.1 Å². The molecule has 1 fully saturated rings. The maximum Gasteiger partial charge on any atom is 0.260 e. The van der Waals surface area contributed by atoms with Crippen LogP contribution in [-0.2, 0) is 24.3 Å². The molecule has 1 aliphatic rings. The van der Waals surface area contributed by atoms with Crippen LogP contribution in [0, 0.1) is 6.92 Å². The average molecular weight is 537 g/mol. The summed E-state index contributed by atoms with van der Waals surface area (Å²) >= 11 is 6.00. The van der Waals surface area contributed by atoms with Gasteiger partial charge in [0.15, 0.2) is 6.61 Å². The van der Waals surface area contributed by atoms with Crippen LogP contribution in [-0.4, -0.2) is 65.1 Å². The quantitative estimate of drug-likeness (QED) is 0.335. The van der Waals surface area contributed by atoms with Crippen molar-refractivity contribution in [2.75, 3.05) is 36.9 Å². The zero-order valence-electron chi connectivity index (χ0n) is 20.1. The number of carbonyl (C=O) groups excluding carboxylic acids is 2. The van der Waals surface area contributed by atoms with Crippen molar-refractivity contribution in [3.05, 3.63) is 58.6 Å². The monoisotopic (exact) mass is 536 g/mol. The van der Waals surface area contributed by atoms with Crippen LogP contribution in [0.5, 0.6) is 5.75 Å². The van der Waals surface area contributed by atoms with Gasteiger partial charge in [0.1, 0.15) is 12.3 Å². The van der Waals surface area contributed by atoms with Crippen molar-refractivity contribution in [2.45, 2.75) is 25.9 Å². The van der Waals surface area contributed by atoms with Gasteiger partial charge in [0.2, 0.25) is 10.0 Å². The first-order valence-corrected chi connectivity index (χ1v) is 13.5. The molecule has 0 aromatic heterocycles. The van der Waals surface area contributed by atoms with Crippen LogP contribution >= 0.6 is 11.6 Å². The van der Waals surface area contributed by atoms with Crippen molar-refractivity contribution < 1.29 is 27.5 Å². The predicted octanol–water partition coefficient (Wildman–Crippen LogP) is 2.24. The number of hydrogen-bond acceptors (Lipinski definition) is 7. The topological polar surface area (TPSA) is 126 Å². The summed E-state index contributed by atoms with van der Waals surface area (Å²) in [6, 6.07) is 11.6. The third kappa shape index (κ3) is 8.51. The molecule has 2 amide bonds. The first kappa shape index (κ1) is 27.4. The van der Waals surface area contributed by atoms with E-state index in [0.29, 0.717) is 34.1 Å². The molecule has 10 nitrogen and oxygen atoms in total. The number of sulfonamides is 1. The Bertz CT molecular complexity index is 1200. The third-order valence-corrected chi connectivity index (χ3v) is 6.69. The second-order valence-corrected chi connectivity index (χ2v) is 10.6. The minimum Gasteiger partial charge on any atom is -0.484 e. The maximum atomic E-state index is 12.4. The number of hydrazone groups is 1. The van der Waals surface area contributed by atoms with Gasteiger partial charge in [-0.1, -0.05) is 17.7 Å². The Kier molecular flexibility index (Phi) is 9.68. The number of nitrogens with one attached hydrogen (secondary N) is 2. The fourth-order valence-electron chi connectivity index (χ4n) is 3.46. The molecule has 2 N–H and O–H groups in total. The van der Waals surface area contributed by atoms with Gasteiger partial charge < -0.3 is 14.8 Å². The Morgan fingerprint density at radius 3 is 2.64 bits per heavy atom. The fourth-order valence-corrected chi connectivity index (χ4v) is 4.53. The van der Waals surface area contributed by atoms with Gasteiger partial charge in [0.05, 0.1) is 24.3 Å². The van der Waals surface area contributed by atoms with Crippen LogP contribution in [0.2, 0.25) is 5.02 Å². The van der Waals surface area contributed by atoms with E-state index in [2.05, 4.69) is 15.8 Å². The molecule has 2 aromatic carbocycles. The first-order valence-electron chi connectivity index (χ1n) is 11.3. The zero-order valence-corrected chi connectivity index (χ0v) is 21.6. The van der Waals surface area contributed by atoms with E-state index in [1.165, 1.54) is 12.3 Å². The molecular weight excluding hydrogens is 508 g/mol. The third-order valence-electron chi connectivity index (χ3n) is 5.33. The standard InChI is InChI=1S/C24H29ClN4O6S/c1-17-5-8-19(25)12-22(17)29(36(2,32)33)15-23(30)28-27-13-18-6-9-20(10-7-18)35-16-24(31)26-14-21-4-3-11-34-21/h5-10,12-13,21H,3-4,11,14-16H2,1-2H3,(H,26,31)(H,28,30)/b27-13-/t21-/m0/s1. The predicted molar refractivity (Wildman–Crippen MR) is 138 cm³/mol. The summed E-state index contributed by atoms with van der Waals surface area (Å²) in [4.78, 5) is 24.3. The van der Waals surface area contributed by atoms with Crippen LogP contribution < -0.4 is 19.8 Å². The molecule has 0 saturated carbocycles. The minimum absolute atomic E-state index is 0.0726. The van der Waals surface area contributed by atoms with Crippen molar-refractivity contribution in [2.24, 2.45) is 5.10 Å². The van der Waals surface area contributed by atoms with Crippen molar-refractivity contribution in [3.63, 3.8) is 0 Å². The molecule has 0 bridgehead atoms. The molecule has 0 aliphatic carbocycles. The second-order valence-electron chi connectivity index (χ2n) is 8.29. The lowest BCUT2D eigenvalue weighted by molar-refractivity contribution is -0.123. The number of benzene rings is 2. The van der Waals surface area contributed by atoms with Crippen molar-refractivity contribution >= 4 is 45.3 Å². The van der Waals surface area contributed by atoms with Gasteiger partial charge in [0.25, 0.3) is 11.8 Å². The summed E-state index contributed by atoms with van der Waals surface area (Å²) in [5.74, 6) is -0.343. The van der Waals surface area contributed by atoms with Crippen LogP contribution in [0.1, 0.15) is 24.0 Å². The highest BCUT2D eigenvalue weighted by Crippen LogP contribution is 2.26. The number of anilines is 1. The molecule has 36 heavy (non-hydrogen) atoms. The SMILES string of the molecule is Cc1ccc(Cl)cc1N(CC(=O)N/N=C\c1ccc(OCC(=O)NC[C@@H]2CCCO2)cc1)S(C)(=O)=O. The smallest absolute Gasteiger partial charge is 0.260 e. The first-order chi connectivity index (χ1) is 17.1. The van der Waals surface area contributed by atoms with Crippen molar-refractivity contribution in [3.8, 4) is 5.75 Å². The number of halogens is 1. The van der Waals surface area contributed by atoms with Gasteiger partial charge in [-0.3, -0.25) is 13.9 Å². The maximum absolute atomic E-state index is 12.4. The van der Waals surface area contributed by atoms with Gasteiger partial charge in [-0.25, -0.2) is 13.8 Å². The Morgan fingerprint density at radius 2 is 1.97 bits per heavy atom. The highest BCUT2D eigenvalue weighted by molar-refractivity contribution is 7.92. The van der Waals surface area contributed by atoms with E-state index in [1.807, 2.05) is 0 Å². The van der Waals surface area contributed by atoms with E-state index in [0.717, 1.165) is 30.0 Å². The fraction of sp³-hybridized carbons (Fsp3) is 0.375. The normalized spacial score (nSPS) is 15.6. The van der Waals surface area contributed by atoms with Crippen molar-refractivity contribution in [1.82, 2.24) is 10.7 Å². The molecule has 194 valence electrons. The summed E-state index contributed by atoms with van der Waals surface area (Å²) in [5, 5.41) is 7.03. The molecular formula is C24H29ClN4O6S. The largest absolute Gasteiger partial charge is 0.484 e. The summed E-state index contributed by atoms with van der Waals surface area (Å²) in [6.45, 7) is 2.37. The molecule has 0 radical (unpaired) electrons. The molecule has 1 aliphatic heterocycles. The lowest BCUT2D eigenvalue weighted by atomic mass is 10.2. The highest BCUT2D eigenvalue weighted by atomic mass is 35.5. The molecule has 1 atom stereocenters. The Hall–Kier alpha value is -3.15. The van der Waals surface area contributed by atoms with Gasteiger partial charge in [0, 0.05) is 18.2 Å². The molecule has 3 rings (SSSR count). The van der Waals surface area contributed by atoms with E-state index >= 15 is 0 Å². The van der Waals surface area contributed by atoms with Crippen LogP contribution in [0.15, 0.2) is 47.6 Å². The summed E-state index contributed by atoms with van der Waals surface area (Å²) < 4.78 is 36.5. The van der Waals surface area contributed by atoms with E-state index in [-0.39, 0.29) is 18.6 Å². The Morgan fingerprint density at radius 1 is 1.22 bits per heavy atom. The summed E-state index contributed by atoms with van der Waals surface area (Å²) in [6.07, 6.45) is 4.45. The van der Waals surface area contributed by atoms with Crippen LogP contribution in [0.25, 0.3) is 0 Å². The second kappa shape index (κ2) is 12.7. The Labute approximate surface area is 215 Å². The lowest BCUT2D eigenvalue weighted by Gasteiger charge is -2.23. The molecule has 1 heterocycles. The molecule has 1 saturated heterocycles. The van der Waals surface area contributed by atoms with Gasteiger partial charge in [-0.15, -0.1) is 0 Å². The van der Waals surface area contributed by atoms with Crippen LogP contribution in [0.3, 0.4) is 0 Å². The number of rotatable bonds is 11. The average Bonchev–Trinajstić information content (AvgIpc) is 3.35. The van der Waals surface area contributed by atoms with Gasteiger partial charge in [-0.2, -0.15) is 5.10 Å². The molecule has 2 aromatic rings. The molecule has 0 unspecified atom stereocenters. The number of nitrogens with zero attached hydrogens (tertiary/aromatic N) is 2. The van der Waals surface area contributed by atoms with Crippen LogP contribution in [0.4, 0.5) is 5.69 Å². The summed E-state index contributed by atoms with van der Waals surface area (Å²) in [7, 11) is -3.74. The van der Waals surface area contributed by atoms with Gasteiger partial charge in [-0.05, 0) is 67.3 Å². The van der Waals surface area contributed by atoms with Crippen molar-refractivity contribution in [1.29, 1.82) is 0 Å². The molecule has 0 spiro atoms. The zero-order chi connectivity index (χ0) is 26.1. The number of aryl methyl sites for hydroxylation is 1. The Balaban J connectivity index is 1.48. The van der Waals surface area contributed by atoms with Gasteiger partial charge >= 0.3 is 0 Å². The van der Waals surface area contributed by atoms with E-state index in [1.54, 1.807) is 43.3 Å². The number of carbonyl (C=O) groups is 2. The molecule has 12 heteroatoms. The van der Waals surface area contributed by atoms with E-state index < -0.39 is 22.5 Å². The minimum atomic E-state index is -3.74. The number of amides is 2. The number of hydrogen-bond donors (Lipinski definition) is 2. The lowest BCUT2D eigenvalue weighted by Crippen LogP contribution is -2.39. The van der Waals surface area contributed by atoms with E-state index in [9.17, 15) is 18.0 Å². The number of ether oxygens (including phenoxy) is 2. The highest BCUT2D eigenvalue weighted by Gasteiger charge is 2.22.